The van der Waals surface area contributed by atoms with Crippen LogP contribution in [0.5, 0.6) is 5.75 Å². The molecule has 19 heavy (non-hydrogen) atoms. The van der Waals surface area contributed by atoms with Crippen molar-refractivity contribution in [2.75, 3.05) is 0 Å². The van der Waals surface area contributed by atoms with E-state index < -0.39 is 18.1 Å². The lowest BCUT2D eigenvalue weighted by Gasteiger charge is -2.18. The van der Waals surface area contributed by atoms with Crippen molar-refractivity contribution < 1.29 is 31.5 Å². The fourth-order valence-electron chi connectivity index (χ4n) is 1.36. The number of aryl methyl sites for hydroxylation is 1. The molecule has 1 rings (SSSR count). The molecule has 0 aliphatic rings. The first-order valence-electron chi connectivity index (χ1n) is 5.45. The standard InChI is InChI=1S/C12H11F5O2/c1-2-5-8-6-3-4-7-9(8)19-10(18)11(13,14)12(15,16)17/h3-4,6-7H,2,5H2,1H3. The molecule has 0 spiro atoms. The summed E-state index contributed by atoms with van der Waals surface area (Å²) in [5.41, 5.74) is 0.399. The third-order valence-corrected chi connectivity index (χ3v) is 2.31. The van der Waals surface area contributed by atoms with Gasteiger partial charge in [0.1, 0.15) is 5.75 Å². The number of benzene rings is 1. The fourth-order valence-corrected chi connectivity index (χ4v) is 1.36. The van der Waals surface area contributed by atoms with E-state index in [0.29, 0.717) is 18.4 Å². The molecule has 106 valence electrons. The molecule has 0 bridgehead atoms. The van der Waals surface area contributed by atoms with Crippen LogP contribution in [-0.2, 0) is 11.2 Å². The molecule has 0 saturated heterocycles. The molecule has 2 nitrogen and oxygen atoms in total. The highest BCUT2D eigenvalue weighted by Gasteiger charge is 2.65. The van der Waals surface area contributed by atoms with Gasteiger partial charge in [0.05, 0.1) is 0 Å². The zero-order chi connectivity index (χ0) is 14.7. The summed E-state index contributed by atoms with van der Waals surface area (Å²) in [4.78, 5) is 10.9. The number of halogens is 5. The van der Waals surface area contributed by atoms with Gasteiger partial charge in [0.25, 0.3) is 0 Å². The van der Waals surface area contributed by atoms with Gasteiger partial charge in [-0.05, 0) is 18.1 Å². The van der Waals surface area contributed by atoms with Crippen molar-refractivity contribution in [2.45, 2.75) is 31.9 Å². The van der Waals surface area contributed by atoms with E-state index in [2.05, 4.69) is 4.74 Å². The van der Waals surface area contributed by atoms with E-state index >= 15 is 0 Å². The first-order valence-corrected chi connectivity index (χ1v) is 5.45. The van der Waals surface area contributed by atoms with Crippen molar-refractivity contribution >= 4 is 5.97 Å². The Kier molecular flexibility index (Phi) is 4.49. The molecule has 0 aliphatic heterocycles. The predicted molar refractivity (Wildman–Crippen MR) is 57.1 cm³/mol. The molecule has 0 aromatic heterocycles. The number of esters is 1. The van der Waals surface area contributed by atoms with Gasteiger partial charge in [-0.3, -0.25) is 0 Å². The van der Waals surface area contributed by atoms with Crippen LogP contribution in [0.2, 0.25) is 0 Å². The number of ether oxygens (including phenoxy) is 1. The van der Waals surface area contributed by atoms with E-state index in [1.807, 2.05) is 0 Å². The van der Waals surface area contributed by atoms with E-state index in [1.165, 1.54) is 18.2 Å². The Morgan fingerprint density at radius 1 is 1.16 bits per heavy atom. The van der Waals surface area contributed by atoms with Gasteiger partial charge in [-0.2, -0.15) is 22.0 Å². The highest BCUT2D eigenvalue weighted by Crippen LogP contribution is 2.37. The maximum absolute atomic E-state index is 12.7. The van der Waals surface area contributed by atoms with Crippen molar-refractivity contribution in [3.8, 4) is 5.75 Å². The molecule has 1 aromatic rings. The minimum atomic E-state index is -5.97. The van der Waals surface area contributed by atoms with Gasteiger partial charge in [-0.15, -0.1) is 0 Å². The highest BCUT2D eigenvalue weighted by molar-refractivity contribution is 5.81. The van der Waals surface area contributed by atoms with Crippen molar-refractivity contribution in [3.63, 3.8) is 0 Å². The second-order valence-corrected chi connectivity index (χ2v) is 3.82. The Hall–Kier alpha value is -1.66. The van der Waals surface area contributed by atoms with Gasteiger partial charge in [0, 0.05) is 0 Å². The first-order chi connectivity index (χ1) is 8.70. The Balaban J connectivity index is 2.94. The molecular weight excluding hydrogens is 271 g/mol. The lowest BCUT2D eigenvalue weighted by atomic mass is 10.1. The molecule has 0 N–H and O–H groups in total. The number of rotatable bonds is 4. The summed E-state index contributed by atoms with van der Waals surface area (Å²) in [7, 11) is 0. The molecule has 0 atom stereocenters. The normalized spacial score (nSPS) is 12.3. The molecule has 0 saturated carbocycles. The number of alkyl halides is 5. The topological polar surface area (TPSA) is 26.3 Å². The van der Waals surface area contributed by atoms with Crippen molar-refractivity contribution in [1.82, 2.24) is 0 Å². The number of para-hydroxylation sites is 1. The minimum absolute atomic E-state index is 0.279. The number of hydrogen-bond donors (Lipinski definition) is 0. The van der Waals surface area contributed by atoms with Crippen LogP contribution in [0.15, 0.2) is 24.3 Å². The minimum Gasteiger partial charge on any atom is -0.422 e. The van der Waals surface area contributed by atoms with Crippen molar-refractivity contribution in [3.05, 3.63) is 29.8 Å². The van der Waals surface area contributed by atoms with Gasteiger partial charge in [-0.25, -0.2) is 4.79 Å². The van der Waals surface area contributed by atoms with Crippen LogP contribution < -0.4 is 4.74 Å². The third kappa shape index (κ3) is 3.42. The van der Waals surface area contributed by atoms with Crippen LogP contribution in [0.3, 0.4) is 0 Å². The summed E-state index contributed by atoms with van der Waals surface area (Å²) in [5, 5.41) is 0. The summed E-state index contributed by atoms with van der Waals surface area (Å²) in [6, 6.07) is 5.63. The largest absolute Gasteiger partial charge is 0.465 e. The van der Waals surface area contributed by atoms with Gasteiger partial charge < -0.3 is 4.74 Å². The quantitative estimate of drug-likeness (QED) is 0.477. The second-order valence-electron chi connectivity index (χ2n) is 3.82. The van der Waals surface area contributed by atoms with Crippen molar-refractivity contribution in [2.24, 2.45) is 0 Å². The van der Waals surface area contributed by atoms with E-state index in [0.717, 1.165) is 0 Å². The first kappa shape index (κ1) is 15.4. The molecule has 0 aliphatic carbocycles. The van der Waals surface area contributed by atoms with Gasteiger partial charge >= 0.3 is 18.1 Å². The molecule has 0 radical (unpaired) electrons. The van der Waals surface area contributed by atoms with Crippen LogP contribution in [0.4, 0.5) is 22.0 Å². The SMILES string of the molecule is CCCc1ccccc1OC(=O)C(F)(F)C(F)(F)F. The maximum atomic E-state index is 12.7. The average molecular weight is 282 g/mol. The van der Waals surface area contributed by atoms with Crippen LogP contribution in [0.1, 0.15) is 18.9 Å². The summed E-state index contributed by atoms with van der Waals surface area (Å²) in [6.07, 6.45) is -4.94. The van der Waals surface area contributed by atoms with E-state index in [4.69, 9.17) is 0 Å². The van der Waals surface area contributed by atoms with Gasteiger partial charge in [-0.1, -0.05) is 31.5 Å². The molecule has 1 aromatic carbocycles. The monoisotopic (exact) mass is 282 g/mol. The third-order valence-electron chi connectivity index (χ3n) is 2.31. The van der Waals surface area contributed by atoms with Crippen molar-refractivity contribution in [1.29, 1.82) is 0 Å². The summed E-state index contributed by atoms with van der Waals surface area (Å²) in [6.45, 7) is 1.79. The zero-order valence-electron chi connectivity index (χ0n) is 9.93. The highest BCUT2D eigenvalue weighted by atomic mass is 19.4. The summed E-state index contributed by atoms with van der Waals surface area (Å²) >= 11 is 0. The maximum Gasteiger partial charge on any atom is 0.465 e. The van der Waals surface area contributed by atoms with Crippen LogP contribution >= 0.6 is 0 Å². The lowest BCUT2D eigenvalue weighted by molar-refractivity contribution is -0.276. The van der Waals surface area contributed by atoms with Gasteiger partial charge in [0.15, 0.2) is 0 Å². The number of carbonyl (C=O) groups is 1. The Bertz CT molecular complexity index is 454. The summed E-state index contributed by atoms with van der Waals surface area (Å²) in [5.74, 6) is -8.42. The second kappa shape index (κ2) is 5.54. The predicted octanol–water partition coefficient (Wildman–Crippen LogP) is 3.74. The average Bonchev–Trinajstić information content (AvgIpc) is 2.30. The van der Waals surface area contributed by atoms with E-state index in [9.17, 15) is 26.7 Å². The lowest BCUT2D eigenvalue weighted by Crippen LogP contribution is -2.46. The summed E-state index contributed by atoms with van der Waals surface area (Å²) < 4.78 is 65.6. The smallest absolute Gasteiger partial charge is 0.422 e. The van der Waals surface area contributed by atoms with E-state index in [1.54, 1.807) is 13.0 Å². The van der Waals surface area contributed by atoms with Crippen LogP contribution in [0.25, 0.3) is 0 Å². The molecule has 0 heterocycles. The Labute approximate surface area is 106 Å². The number of hydrogen-bond acceptors (Lipinski definition) is 2. The van der Waals surface area contributed by atoms with Gasteiger partial charge in [0.2, 0.25) is 0 Å². The molecule has 0 unspecified atom stereocenters. The Morgan fingerprint density at radius 3 is 2.26 bits per heavy atom. The number of carbonyl (C=O) groups excluding carboxylic acids is 1. The molecule has 7 heteroatoms. The molecule has 0 fully saturated rings. The van der Waals surface area contributed by atoms with E-state index in [-0.39, 0.29) is 5.75 Å². The zero-order valence-corrected chi connectivity index (χ0v) is 9.93. The Morgan fingerprint density at radius 2 is 1.74 bits per heavy atom. The fraction of sp³-hybridized carbons (Fsp3) is 0.417. The molecule has 0 amide bonds. The molecular formula is C12H11F5O2. The van der Waals surface area contributed by atoms with Crippen LogP contribution in [-0.4, -0.2) is 18.1 Å². The van der Waals surface area contributed by atoms with Crippen LogP contribution in [0, 0.1) is 0 Å².